The number of fused-ring (bicyclic) bond motifs is 1. The number of carbonyl (C=O) groups is 3. The summed E-state index contributed by atoms with van der Waals surface area (Å²) in [4.78, 5) is 36.8. The van der Waals surface area contributed by atoms with Crippen molar-refractivity contribution in [3.05, 3.63) is 35.9 Å². The van der Waals surface area contributed by atoms with Gasteiger partial charge in [-0.3, -0.25) is 9.59 Å². The molecule has 20 heavy (non-hydrogen) atoms. The third kappa shape index (κ3) is 2.24. The lowest BCUT2D eigenvalue weighted by atomic mass is 10.1. The van der Waals surface area contributed by atoms with Crippen LogP contribution in [-0.2, 0) is 14.3 Å². The molecule has 0 aromatic heterocycles. The molecule has 0 spiro atoms. The van der Waals surface area contributed by atoms with E-state index in [2.05, 4.69) is 5.32 Å². The Hall–Kier alpha value is -2.37. The fourth-order valence-electron chi connectivity index (χ4n) is 2.58. The van der Waals surface area contributed by atoms with Crippen molar-refractivity contribution in [3.8, 4) is 0 Å². The normalized spacial score (nSPS) is 25.1. The topological polar surface area (TPSA) is 75.7 Å². The van der Waals surface area contributed by atoms with Crippen LogP contribution in [0.2, 0.25) is 0 Å². The Labute approximate surface area is 115 Å². The number of nitrogens with one attached hydrogen (secondary N) is 1. The molecular formula is C14H14N2O4. The van der Waals surface area contributed by atoms with Crippen LogP contribution in [0.4, 0.5) is 0 Å². The molecule has 2 amide bonds. The highest BCUT2D eigenvalue weighted by molar-refractivity contribution is 5.95. The molecule has 104 valence electrons. The summed E-state index contributed by atoms with van der Waals surface area (Å²) >= 11 is 0. The zero-order valence-corrected chi connectivity index (χ0v) is 10.7. The van der Waals surface area contributed by atoms with Crippen LogP contribution >= 0.6 is 0 Å². The lowest BCUT2D eigenvalue weighted by molar-refractivity contribution is -0.143. The van der Waals surface area contributed by atoms with Crippen LogP contribution in [-0.4, -0.2) is 47.9 Å². The van der Waals surface area contributed by atoms with Gasteiger partial charge < -0.3 is 15.0 Å². The zero-order valence-electron chi connectivity index (χ0n) is 10.7. The predicted molar refractivity (Wildman–Crippen MR) is 68.8 cm³/mol. The fourth-order valence-corrected chi connectivity index (χ4v) is 2.58. The number of hydrogen-bond donors (Lipinski definition) is 1. The van der Waals surface area contributed by atoms with Crippen molar-refractivity contribution >= 4 is 17.8 Å². The zero-order chi connectivity index (χ0) is 14.1. The smallest absolute Gasteiger partial charge is 0.338 e. The fraction of sp³-hybridized carbons (Fsp3) is 0.357. The molecular weight excluding hydrogens is 260 g/mol. The summed E-state index contributed by atoms with van der Waals surface area (Å²) in [5.74, 6) is -0.737. The molecule has 2 aliphatic heterocycles. The standard InChI is InChI=1S/C14H14N2O4/c17-12-7-15-13(18)11-6-10(8-16(11)12)20-14(19)9-4-2-1-3-5-9/h1-5,10-11H,6-8H2,(H,15,18). The summed E-state index contributed by atoms with van der Waals surface area (Å²) in [7, 11) is 0. The van der Waals surface area contributed by atoms with Crippen LogP contribution < -0.4 is 5.32 Å². The van der Waals surface area contributed by atoms with E-state index in [1.165, 1.54) is 4.90 Å². The van der Waals surface area contributed by atoms with Gasteiger partial charge in [0.2, 0.25) is 11.8 Å². The van der Waals surface area contributed by atoms with Crippen molar-refractivity contribution < 1.29 is 19.1 Å². The Morgan fingerprint density at radius 3 is 2.70 bits per heavy atom. The van der Waals surface area contributed by atoms with Crippen molar-refractivity contribution in [1.29, 1.82) is 0 Å². The summed E-state index contributed by atoms with van der Waals surface area (Å²) < 4.78 is 5.37. The van der Waals surface area contributed by atoms with Crippen molar-refractivity contribution in [2.24, 2.45) is 0 Å². The SMILES string of the molecule is O=C(OC1CC2C(=O)NCC(=O)N2C1)c1ccccc1. The van der Waals surface area contributed by atoms with Gasteiger partial charge in [0.1, 0.15) is 12.1 Å². The van der Waals surface area contributed by atoms with Gasteiger partial charge in [0.05, 0.1) is 18.7 Å². The van der Waals surface area contributed by atoms with Crippen molar-refractivity contribution in [1.82, 2.24) is 10.2 Å². The second-order valence-electron chi connectivity index (χ2n) is 4.91. The molecule has 1 aromatic rings. The van der Waals surface area contributed by atoms with Gasteiger partial charge in [0, 0.05) is 6.42 Å². The minimum Gasteiger partial charge on any atom is -0.457 e. The highest BCUT2D eigenvalue weighted by Crippen LogP contribution is 2.23. The first-order valence-corrected chi connectivity index (χ1v) is 6.48. The van der Waals surface area contributed by atoms with E-state index in [9.17, 15) is 14.4 Å². The Morgan fingerprint density at radius 1 is 1.25 bits per heavy atom. The largest absolute Gasteiger partial charge is 0.457 e. The van der Waals surface area contributed by atoms with Gasteiger partial charge >= 0.3 is 5.97 Å². The third-order valence-electron chi connectivity index (χ3n) is 3.58. The molecule has 0 bridgehead atoms. The molecule has 2 saturated heterocycles. The van der Waals surface area contributed by atoms with Gasteiger partial charge in [-0.2, -0.15) is 0 Å². The monoisotopic (exact) mass is 274 g/mol. The van der Waals surface area contributed by atoms with E-state index in [4.69, 9.17) is 4.74 Å². The number of nitrogens with zero attached hydrogens (tertiary/aromatic N) is 1. The molecule has 0 radical (unpaired) electrons. The Bertz CT molecular complexity index is 534. The van der Waals surface area contributed by atoms with Crippen LogP contribution in [0.3, 0.4) is 0 Å². The maximum Gasteiger partial charge on any atom is 0.338 e. The van der Waals surface area contributed by atoms with E-state index in [0.717, 1.165) is 0 Å². The van der Waals surface area contributed by atoms with E-state index < -0.39 is 18.1 Å². The van der Waals surface area contributed by atoms with Crippen LogP contribution in [0.25, 0.3) is 0 Å². The predicted octanol–water partition coefficient (Wildman–Crippen LogP) is -0.0573. The van der Waals surface area contributed by atoms with E-state index in [1.54, 1.807) is 24.3 Å². The van der Waals surface area contributed by atoms with Gasteiger partial charge in [0.25, 0.3) is 0 Å². The molecule has 2 fully saturated rings. The molecule has 6 heteroatoms. The number of hydrogen-bond acceptors (Lipinski definition) is 4. The third-order valence-corrected chi connectivity index (χ3v) is 3.58. The van der Waals surface area contributed by atoms with Crippen LogP contribution in [0, 0.1) is 0 Å². The van der Waals surface area contributed by atoms with E-state index >= 15 is 0 Å². The summed E-state index contributed by atoms with van der Waals surface area (Å²) in [6.45, 7) is 0.310. The molecule has 2 heterocycles. The lowest BCUT2D eigenvalue weighted by Crippen LogP contribution is -2.55. The molecule has 1 aromatic carbocycles. The van der Waals surface area contributed by atoms with Crippen LogP contribution in [0.5, 0.6) is 0 Å². The minimum absolute atomic E-state index is 0.0225. The van der Waals surface area contributed by atoms with Gasteiger partial charge in [0.15, 0.2) is 0 Å². The summed E-state index contributed by atoms with van der Waals surface area (Å²) in [5.41, 5.74) is 0.466. The first-order valence-electron chi connectivity index (χ1n) is 6.48. The highest BCUT2D eigenvalue weighted by Gasteiger charge is 2.43. The maximum absolute atomic E-state index is 11.9. The first kappa shape index (κ1) is 12.7. The minimum atomic E-state index is -0.509. The number of piperazine rings is 1. The lowest BCUT2D eigenvalue weighted by Gasteiger charge is -2.28. The van der Waals surface area contributed by atoms with Gasteiger partial charge in [-0.15, -0.1) is 0 Å². The molecule has 0 saturated carbocycles. The van der Waals surface area contributed by atoms with E-state index in [0.29, 0.717) is 12.0 Å². The quantitative estimate of drug-likeness (QED) is 0.767. The number of benzene rings is 1. The second kappa shape index (κ2) is 4.96. The first-order chi connectivity index (χ1) is 9.65. The van der Waals surface area contributed by atoms with Gasteiger partial charge in [-0.25, -0.2) is 4.79 Å². The van der Waals surface area contributed by atoms with E-state index in [-0.39, 0.29) is 24.9 Å². The summed E-state index contributed by atoms with van der Waals surface area (Å²) in [6.07, 6.45) is -0.0728. The average Bonchev–Trinajstić information content (AvgIpc) is 2.89. The summed E-state index contributed by atoms with van der Waals surface area (Å²) in [6, 6.07) is 8.15. The maximum atomic E-state index is 11.9. The van der Waals surface area contributed by atoms with Gasteiger partial charge in [-0.1, -0.05) is 18.2 Å². The molecule has 2 unspecified atom stereocenters. The number of esters is 1. The molecule has 1 N–H and O–H groups in total. The Kier molecular flexibility index (Phi) is 3.14. The van der Waals surface area contributed by atoms with Crippen LogP contribution in [0.15, 0.2) is 30.3 Å². The number of carbonyl (C=O) groups excluding carboxylic acids is 3. The molecule has 2 aliphatic rings. The highest BCUT2D eigenvalue weighted by atomic mass is 16.5. The molecule has 6 nitrogen and oxygen atoms in total. The van der Waals surface area contributed by atoms with Gasteiger partial charge in [-0.05, 0) is 12.1 Å². The number of ether oxygens (including phenoxy) is 1. The van der Waals surface area contributed by atoms with Crippen molar-refractivity contribution in [2.45, 2.75) is 18.6 Å². The van der Waals surface area contributed by atoms with Crippen molar-refractivity contribution in [2.75, 3.05) is 13.1 Å². The molecule has 0 aliphatic carbocycles. The second-order valence-corrected chi connectivity index (χ2v) is 4.91. The Morgan fingerprint density at radius 2 is 2.00 bits per heavy atom. The Balaban J connectivity index is 1.67. The number of rotatable bonds is 2. The van der Waals surface area contributed by atoms with E-state index in [1.807, 2.05) is 6.07 Å². The molecule has 2 atom stereocenters. The van der Waals surface area contributed by atoms with Crippen LogP contribution in [0.1, 0.15) is 16.8 Å². The average molecular weight is 274 g/mol. The van der Waals surface area contributed by atoms with Crippen molar-refractivity contribution in [3.63, 3.8) is 0 Å². The summed E-state index contributed by atoms with van der Waals surface area (Å²) in [5, 5.41) is 2.54. The molecule has 3 rings (SSSR count). The number of amides is 2.